The lowest BCUT2D eigenvalue weighted by molar-refractivity contribution is -0.122. The number of carbonyl (C=O) groups excluding carboxylic acids is 1. The lowest BCUT2D eigenvalue weighted by Gasteiger charge is -2.15. The predicted octanol–water partition coefficient (Wildman–Crippen LogP) is 4.26. The van der Waals surface area contributed by atoms with E-state index in [1.165, 1.54) is 6.07 Å². The minimum absolute atomic E-state index is 0.308. The maximum absolute atomic E-state index is 12.3. The molecule has 6 nitrogen and oxygen atoms in total. The van der Waals surface area contributed by atoms with Crippen LogP contribution in [0.1, 0.15) is 6.92 Å². The molecule has 2 aromatic heterocycles. The molecule has 0 aliphatic carbocycles. The van der Waals surface area contributed by atoms with Gasteiger partial charge in [-0.05, 0) is 42.3 Å². The van der Waals surface area contributed by atoms with Gasteiger partial charge in [0.2, 0.25) is 0 Å². The highest BCUT2D eigenvalue weighted by molar-refractivity contribution is 5.95. The highest BCUT2D eigenvalue weighted by atomic mass is 16.5. The second-order valence-corrected chi connectivity index (χ2v) is 6.49. The van der Waals surface area contributed by atoms with Crippen LogP contribution in [-0.2, 0) is 4.79 Å². The van der Waals surface area contributed by atoms with Gasteiger partial charge in [0, 0.05) is 23.7 Å². The molecule has 6 heteroatoms. The average molecular weight is 386 g/mol. The number of benzene rings is 2. The van der Waals surface area contributed by atoms with E-state index < -0.39 is 11.7 Å². The molecule has 4 aromatic rings. The summed E-state index contributed by atoms with van der Waals surface area (Å²) in [7, 11) is 0. The number of amides is 1. The molecule has 0 saturated heterocycles. The summed E-state index contributed by atoms with van der Waals surface area (Å²) in [5.74, 6) is 0.122. The third-order valence-electron chi connectivity index (χ3n) is 4.41. The van der Waals surface area contributed by atoms with Gasteiger partial charge in [-0.25, -0.2) is 4.79 Å². The Bertz CT molecular complexity index is 1200. The van der Waals surface area contributed by atoms with Crippen molar-refractivity contribution >= 4 is 22.6 Å². The maximum Gasteiger partial charge on any atom is 0.336 e. The Kier molecular flexibility index (Phi) is 5.07. The number of hydrogen-bond acceptors (Lipinski definition) is 5. The molecule has 29 heavy (non-hydrogen) atoms. The van der Waals surface area contributed by atoms with Gasteiger partial charge in [-0.3, -0.25) is 9.78 Å². The number of anilines is 1. The third kappa shape index (κ3) is 4.16. The van der Waals surface area contributed by atoms with E-state index in [0.717, 1.165) is 16.5 Å². The summed E-state index contributed by atoms with van der Waals surface area (Å²) in [6.07, 6.45) is 2.43. The smallest absolute Gasteiger partial charge is 0.336 e. The second-order valence-electron chi connectivity index (χ2n) is 6.49. The van der Waals surface area contributed by atoms with Crippen LogP contribution in [0.15, 0.2) is 88.3 Å². The van der Waals surface area contributed by atoms with Crippen LogP contribution in [-0.4, -0.2) is 17.0 Å². The van der Waals surface area contributed by atoms with Gasteiger partial charge in [0.05, 0.1) is 11.9 Å². The largest absolute Gasteiger partial charge is 0.481 e. The van der Waals surface area contributed by atoms with Crippen LogP contribution in [0.5, 0.6) is 5.75 Å². The fraction of sp³-hybridized carbons (Fsp3) is 0.0870. The normalized spacial score (nSPS) is 11.8. The molecule has 0 aliphatic heterocycles. The monoisotopic (exact) mass is 386 g/mol. The number of pyridine rings is 1. The van der Waals surface area contributed by atoms with Crippen molar-refractivity contribution in [1.82, 2.24) is 4.98 Å². The van der Waals surface area contributed by atoms with Crippen molar-refractivity contribution in [2.45, 2.75) is 13.0 Å². The third-order valence-corrected chi connectivity index (χ3v) is 4.41. The number of nitrogens with zero attached hydrogens (tertiary/aromatic N) is 1. The van der Waals surface area contributed by atoms with Crippen molar-refractivity contribution in [3.05, 3.63) is 89.5 Å². The minimum Gasteiger partial charge on any atom is -0.481 e. The van der Waals surface area contributed by atoms with E-state index in [0.29, 0.717) is 17.0 Å². The zero-order chi connectivity index (χ0) is 20.2. The zero-order valence-electron chi connectivity index (χ0n) is 15.7. The molecule has 0 aliphatic rings. The van der Waals surface area contributed by atoms with Gasteiger partial charge < -0.3 is 14.5 Å². The summed E-state index contributed by atoms with van der Waals surface area (Å²) in [6.45, 7) is 1.65. The lowest BCUT2D eigenvalue weighted by atomic mass is 10.0. The van der Waals surface area contributed by atoms with E-state index in [1.807, 2.05) is 36.4 Å². The highest BCUT2D eigenvalue weighted by Crippen LogP contribution is 2.29. The summed E-state index contributed by atoms with van der Waals surface area (Å²) in [5, 5.41) is 3.53. The van der Waals surface area contributed by atoms with Crippen molar-refractivity contribution in [1.29, 1.82) is 0 Å². The highest BCUT2D eigenvalue weighted by Gasteiger charge is 2.16. The number of carbonyl (C=O) groups is 1. The topological polar surface area (TPSA) is 81.4 Å². The Balaban J connectivity index is 1.59. The summed E-state index contributed by atoms with van der Waals surface area (Å²) in [4.78, 5) is 28.3. The molecule has 0 saturated carbocycles. The Morgan fingerprint density at radius 3 is 2.66 bits per heavy atom. The Morgan fingerprint density at radius 1 is 1.07 bits per heavy atom. The van der Waals surface area contributed by atoms with Crippen molar-refractivity contribution in [2.75, 3.05) is 5.32 Å². The number of hydrogen-bond donors (Lipinski definition) is 1. The number of fused-ring (bicyclic) bond motifs is 1. The van der Waals surface area contributed by atoms with Crippen molar-refractivity contribution in [3.63, 3.8) is 0 Å². The number of nitrogens with one attached hydrogen (secondary N) is 1. The van der Waals surface area contributed by atoms with Gasteiger partial charge in [-0.15, -0.1) is 0 Å². The van der Waals surface area contributed by atoms with Gasteiger partial charge in [0.15, 0.2) is 6.10 Å². The first kappa shape index (κ1) is 18.4. The molecule has 144 valence electrons. The summed E-state index contributed by atoms with van der Waals surface area (Å²) in [6, 6.07) is 19.8. The Morgan fingerprint density at radius 2 is 1.90 bits per heavy atom. The van der Waals surface area contributed by atoms with Gasteiger partial charge in [0.1, 0.15) is 11.3 Å². The molecule has 1 atom stereocenters. The second kappa shape index (κ2) is 7.98. The molecule has 0 bridgehead atoms. The van der Waals surface area contributed by atoms with Gasteiger partial charge in [-0.1, -0.05) is 30.3 Å². The summed E-state index contributed by atoms with van der Waals surface area (Å²) < 4.78 is 11.1. The van der Waals surface area contributed by atoms with Crippen LogP contribution in [0.25, 0.3) is 22.1 Å². The van der Waals surface area contributed by atoms with Crippen LogP contribution < -0.4 is 15.7 Å². The van der Waals surface area contributed by atoms with E-state index >= 15 is 0 Å². The van der Waals surface area contributed by atoms with E-state index in [9.17, 15) is 9.59 Å². The molecule has 2 heterocycles. The SMILES string of the molecule is CC(Oc1ccc2c(-c3ccccc3)cc(=O)oc2c1)C(=O)Nc1cccnc1. The van der Waals surface area contributed by atoms with Gasteiger partial charge in [0.25, 0.3) is 5.91 Å². The Labute approximate surface area is 166 Å². The first-order valence-corrected chi connectivity index (χ1v) is 9.11. The van der Waals surface area contributed by atoms with Crippen LogP contribution in [0, 0.1) is 0 Å². The van der Waals surface area contributed by atoms with E-state index in [1.54, 1.807) is 43.6 Å². The molecule has 0 spiro atoms. The number of ether oxygens (including phenoxy) is 1. The van der Waals surface area contributed by atoms with Crippen LogP contribution in [0.4, 0.5) is 5.69 Å². The molecular formula is C23H18N2O4. The molecule has 1 unspecified atom stereocenters. The standard InChI is InChI=1S/C23H18N2O4/c1-15(23(27)25-17-8-5-11-24-14-17)28-18-9-10-19-20(16-6-3-2-4-7-16)13-22(26)29-21(19)12-18/h2-15H,1H3,(H,25,27). The zero-order valence-corrected chi connectivity index (χ0v) is 15.7. The molecular weight excluding hydrogens is 368 g/mol. The minimum atomic E-state index is -0.753. The predicted molar refractivity (Wildman–Crippen MR) is 111 cm³/mol. The molecule has 1 N–H and O–H groups in total. The average Bonchev–Trinajstić information content (AvgIpc) is 2.74. The number of aromatic nitrogens is 1. The van der Waals surface area contributed by atoms with Crippen LogP contribution in [0.2, 0.25) is 0 Å². The molecule has 1 amide bonds. The van der Waals surface area contributed by atoms with E-state index in [-0.39, 0.29) is 5.91 Å². The first-order chi connectivity index (χ1) is 14.1. The van der Waals surface area contributed by atoms with Crippen LogP contribution >= 0.6 is 0 Å². The van der Waals surface area contributed by atoms with Crippen molar-refractivity contribution < 1.29 is 13.9 Å². The maximum atomic E-state index is 12.3. The first-order valence-electron chi connectivity index (χ1n) is 9.11. The summed E-state index contributed by atoms with van der Waals surface area (Å²) in [5.41, 5.74) is 2.24. The molecule has 2 aromatic carbocycles. The lowest BCUT2D eigenvalue weighted by Crippen LogP contribution is -2.30. The van der Waals surface area contributed by atoms with Crippen molar-refractivity contribution in [2.24, 2.45) is 0 Å². The van der Waals surface area contributed by atoms with Crippen LogP contribution in [0.3, 0.4) is 0 Å². The molecule has 4 rings (SSSR count). The number of rotatable bonds is 5. The Hall–Kier alpha value is -3.93. The van der Waals surface area contributed by atoms with E-state index in [2.05, 4.69) is 10.3 Å². The summed E-state index contributed by atoms with van der Waals surface area (Å²) >= 11 is 0. The van der Waals surface area contributed by atoms with E-state index in [4.69, 9.17) is 9.15 Å². The molecule has 0 fully saturated rings. The van der Waals surface area contributed by atoms with Gasteiger partial charge in [-0.2, -0.15) is 0 Å². The van der Waals surface area contributed by atoms with Crippen molar-refractivity contribution in [3.8, 4) is 16.9 Å². The fourth-order valence-electron chi connectivity index (χ4n) is 3.01. The molecule has 0 radical (unpaired) electrons. The quantitative estimate of drug-likeness (QED) is 0.518. The fourth-order valence-corrected chi connectivity index (χ4v) is 3.01. The van der Waals surface area contributed by atoms with Gasteiger partial charge >= 0.3 is 5.63 Å².